The summed E-state index contributed by atoms with van der Waals surface area (Å²) in [4.78, 5) is 4.49. The molecule has 0 bridgehead atoms. The minimum atomic E-state index is 0.732. The Hall–Kier alpha value is -1.33. The second-order valence-corrected chi connectivity index (χ2v) is 5.57. The number of hydrogen-bond donors (Lipinski definition) is 0. The Bertz CT molecular complexity index is 675. The number of hydrogen-bond acceptors (Lipinski definition) is 2. The largest absolute Gasteiger partial charge is 0.461 e. The van der Waals surface area contributed by atoms with Gasteiger partial charge in [-0.05, 0) is 49.6 Å². The summed E-state index contributed by atoms with van der Waals surface area (Å²) < 4.78 is 9.19. The lowest BCUT2D eigenvalue weighted by atomic mass is 10.2. The first-order valence-corrected chi connectivity index (χ1v) is 7.33. The van der Waals surface area contributed by atoms with Crippen molar-refractivity contribution >= 4 is 31.9 Å². The number of benzene rings is 1. The third kappa shape index (κ3) is 2.53. The molecule has 19 heavy (non-hydrogen) atoms. The maximum absolute atomic E-state index is 5.44. The number of rotatable bonds is 3. The van der Waals surface area contributed by atoms with Crippen molar-refractivity contribution in [2.24, 2.45) is 0 Å². The molecular formula is C14H10Br2N2O. The first kappa shape index (κ1) is 12.7. The Kier molecular flexibility index (Phi) is 3.57. The highest BCUT2D eigenvalue weighted by Gasteiger charge is 2.16. The van der Waals surface area contributed by atoms with Crippen LogP contribution in [0.15, 0.2) is 62.4 Å². The van der Waals surface area contributed by atoms with E-state index < -0.39 is 0 Å². The van der Waals surface area contributed by atoms with Crippen LogP contribution in [0.25, 0.3) is 11.6 Å². The zero-order valence-corrected chi connectivity index (χ0v) is 13.1. The Labute approximate surface area is 127 Å². The zero-order chi connectivity index (χ0) is 13.2. The summed E-state index contributed by atoms with van der Waals surface area (Å²) in [6.07, 6.45) is 1.65. The number of nitrogens with zero attached hydrogens (tertiary/aromatic N) is 2. The first-order chi connectivity index (χ1) is 9.25. The molecule has 0 atom stereocenters. The highest BCUT2D eigenvalue weighted by atomic mass is 79.9. The predicted octanol–water partition coefficient (Wildman–Crippen LogP) is 4.72. The molecule has 0 amide bonds. The molecule has 0 aliphatic carbocycles. The zero-order valence-electron chi connectivity index (χ0n) is 9.88. The monoisotopic (exact) mass is 380 g/mol. The van der Waals surface area contributed by atoms with E-state index in [0.29, 0.717) is 0 Å². The molecule has 0 radical (unpaired) electrons. The van der Waals surface area contributed by atoms with Crippen LogP contribution in [0.5, 0.6) is 0 Å². The van der Waals surface area contributed by atoms with Crippen LogP contribution in [0.1, 0.15) is 5.56 Å². The molecule has 5 heteroatoms. The van der Waals surface area contributed by atoms with Gasteiger partial charge in [-0.25, -0.2) is 4.98 Å². The molecular weight excluding hydrogens is 372 g/mol. The van der Waals surface area contributed by atoms with E-state index in [1.165, 1.54) is 5.56 Å². The van der Waals surface area contributed by atoms with Crippen molar-refractivity contribution in [1.29, 1.82) is 0 Å². The summed E-state index contributed by atoms with van der Waals surface area (Å²) in [5.41, 5.74) is 1.21. The summed E-state index contributed by atoms with van der Waals surface area (Å²) in [7, 11) is 0. The summed E-state index contributed by atoms with van der Waals surface area (Å²) in [5, 5.41) is 0. The maximum atomic E-state index is 5.44. The Morgan fingerprint density at radius 3 is 2.53 bits per heavy atom. The van der Waals surface area contributed by atoms with Gasteiger partial charge < -0.3 is 8.98 Å². The van der Waals surface area contributed by atoms with E-state index in [-0.39, 0.29) is 0 Å². The normalized spacial score (nSPS) is 10.8. The van der Waals surface area contributed by atoms with E-state index in [0.717, 1.165) is 27.3 Å². The second kappa shape index (κ2) is 5.35. The summed E-state index contributed by atoms with van der Waals surface area (Å²) in [6.45, 7) is 0.732. The second-order valence-electron chi connectivity index (χ2n) is 4.07. The molecule has 0 saturated heterocycles. The molecule has 3 nitrogen and oxygen atoms in total. The Morgan fingerprint density at radius 2 is 1.84 bits per heavy atom. The van der Waals surface area contributed by atoms with Gasteiger partial charge in [-0.1, -0.05) is 30.3 Å². The van der Waals surface area contributed by atoms with E-state index in [2.05, 4.69) is 53.5 Å². The van der Waals surface area contributed by atoms with Crippen molar-refractivity contribution in [3.63, 3.8) is 0 Å². The van der Waals surface area contributed by atoms with Crippen LogP contribution in [0, 0.1) is 0 Å². The van der Waals surface area contributed by atoms with Crippen LogP contribution >= 0.6 is 31.9 Å². The van der Waals surface area contributed by atoms with Crippen LogP contribution in [0.4, 0.5) is 0 Å². The van der Waals surface area contributed by atoms with Crippen LogP contribution in [-0.4, -0.2) is 9.55 Å². The number of imidazole rings is 1. The van der Waals surface area contributed by atoms with Crippen molar-refractivity contribution in [3.8, 4) is 11.6 Å². The number of aromatic nitrogens is 2. The lowest BCUT2D eigenvalue weighted by Gasteiger charge is -2.07. The molecule has 96 valence electrons. The van der Waals surface area contributed by atoms with Gasteiger partial charge in [0, 0.05) is 0 Å². The van der Waals surface area contributed by atoms with Crippen molar-refractivity contribution in [2.75, 3.05) is 0 Å². The van der Waals surface area contributed by atoms with Gasteiger partial charge in [0.15, 0.2) is 11.6 Å². The van der Waals surface area contributed by atoms with E-state index in [9.17, 15) is 0 Å². The molecule has 2 heterocycles. The van der Waals surface area contributed by atoms with Gasteiger partial charge >= 0.3 is 0 Å². The quantitative estimate of drug-likeness (QED) is 0.657. The van der Waals surface area contributed by atoms with E-state index in [1.807, 2.05) is 30.3 Å². The molecule has 0 aliphatic heterocycles. The molecule has 0 unspecified atom stereocenters. The van der Waals surface area contributed by atoms with Gasteiger partial charge in [0.05, 0.1) is 12.8 Å². The fraction of sp³-hybridized carbons (Fsp3) is 0.0714. The molecule has 0 N–H and O–H groups in total. The Balaban J connectivity index is 2.05. The highest BCUT2D eigenvalue weighted by Crippen LogP contribution is 2.30. The van der Waals surface area contributed by atoms with E-state index in [1.54, 1.807) is 6.26 Å². The van der Waals surface area contributed by atoms with Crippen molar-refractivity contribution < 1.29 is 4.42 Å². The fourth-order valence-corrected chi connectivity index (χ4v) is 2.67. The summed E-state index contributed by atoms with van der Waals surface area (Å²) >= 11 is 7.00. The van der Waals surface area contributed by atoms with Gasteiger partial charge in [-0.3, -0.25) is 0 Å². The lowest BCUT2D eigenvalue weighted by Crippen LogP contribution is -2.02. The lowest BCUT2D eigenvalue weighted by molar-refractivity contribution is 0.571. The fourth-order valence-electron chi connectivity index (χ4n) is 1.91. The van der Waals surface area contributed by atoms with Gasteiger partial charge in [0.1, 0.15) is 9.21 Å². The SMILES string of the molecule is Brc1nc(-c2ccco2)n(Cc2ccccc2)c1Br. The molecule has 0 saturated carbocycles. The minimum absolute atomic E-state index is 0.732. The van der Waals surface area contributed by atoms with Crippen molar-refractivity contribution in [1.82, 2.24) is 9.55 Å². The standard InChI is InChI=1S/C14H10Br2N2O/c15-12-13(16)18(9-10-5-2-1-3-6-10)14(17-12)11-7-4-8-19-11/h1-8H,9H2. The first-order valence-electron chi connectivity index (χ1n) is 5.75. The van der Waals surface area contributed by atoms with Crippen LogP contribution in [-0.2, 0) is 6.54 Å². The highest BCUT2D eigenvalue weighted by molar-refractivity contribution is 9.13. The predicted molar refractivity (Wildman–Crippen MR) is 80.9 cm³/mol. The van der Waals surface area contributed by atoms with E-state index in [4.69, 9.17) is 4.42 Å². The number of furan rings is 1. The number of halogens is 2. The van der Waals surface area contributed by atoms with Crippen LogP contribution in [0.3, 0.4) is 0 Å². The smallest absolute Gasteiger partial charge is 0.178 e. The third-order valence-corrected chi connectivity index (χ3v) is 4.68. The van der Waals surface area contributed by atoms with Crippen LogP contribution < -0.4 is 0 Å². The van der Waals surface area contributed by atoms with Crippen molar-refractivity contribution in [3.05, 3.63) is 63.5 Å². The maximum Gasteiger partial charge on any atom is 0.178 e. The minimum Gasteiger partial charge on any atom is -0.461 e. The molecule has 0 spiro atoms. The van der Waals surface area contributed by atoms with Crippen molar-refractivity contribution in [2.45, 2.75) is 6.54 Å². The van der Waals surface area contributed by atoms with Gasteiger partial charge in [0.2, 0.25) is 0 Å². The van der Waals surface area contributed by atoms with Gasteiger partial charge in [-0.15, -0.1) is 0 Å². The average Bonchev–Trinajstić information content (AvgIpc) is 3.04. The molecule has 3 rings (SSSR count). The molecule has 3 aromatic rings. The Morgan fingerprint density at radius 1 is 1.05 bits per heavy atom. The topological polar surface area (TPSA) is 31.0 Å². The van der Waals surface area contributed by atoms with E-state index >= 15 is 0 Å². The van der Waals surface area contributed by atoms with Crippen LogP contribution in [0.2, 0.25) is 0 Å². The molecule has 2 aromatic heterocycles. The average molecular weight is 382 g/mol. The van der Waals surface area contributed by atoms with Gasteiger partial charge in [-0.2, -0.15) is 0 Å². The van der Waals surface area contributed by atoms with Gasteiger partial charge in [0.25, 0.3) is 0 Å². The molecule has 0 aliphatic rings. The summed E-state index contributed by atoms with van der Waals surface area (Å²) in [5.74, 6) is 1.55. The third-order valence-electron chi connectivity index (χ3n) is 2.79. The molecule has 1 aromatic carbocycles. The summed E-state index contributed by atoms with van der Waals surface area (Å²) in [6, 6.07) is 14.0. The molecule has 0 fully saturated rings.